The van der Waals surface area contributed by atoms with Crippen molar-refractivity contribution in [3.8, 4) is 5.75 Å². The molecule has 0 bridgehead atoms. The van der Waals surface area contributed by atoms with Crippen LogP contribution in [0.15, 0.2) is 71.8 Å². The molecule has 0 aliphatic rings. The molecule has 3 rings (SSSR count). The summed E-state index contributed by atoms with van der Waals surface area (Å²) in [5.41, 5.74) is 4.95. The van der Waals surface area contributed by atoms with Crippen molar-refractivity contribution in [1.82, 2.24) is 5.43 Å². The van der Waals surface area contributed by atoms with Crippen LogP contribution < -0.4 is 10.2 Å². The van der Waals surface area contributed by atoms with E-state index in [0.717, 1.165) is 24.0 Å². The highest BCUT2D eigenvalue weighted by molar-refractivity contribution is 14.1. The first kappa shape index (κ1) is 21.1. The Kier molecular flexibility index (Phi) is 7.69. The van der Waals surface area contributed by atoms with Crippen molar-refractivity contribution >= 4 is 68.9 Å². The maximum Gasteiger partial charge on any atom is 0.271 e. The van der Waals surface area contributed by atoms with Crippen LogP contribution in [0.2, 0.25) is 5.02 Å². The van der Waals surface area contributed by atoms with Crippen LogP contribution in [-0.2, 0) is 6.61 Å². The Labute approximate surface area is 195 Å². The molecule has 0 aromatic heterocycles. The fourth-order valence-corrected chi connectivity index (χ4v) is 4.70. The zero-order chi connectivity index (χ0) is 19.9. The second kappa shape index (κ2) is 10.2. The van der Waals surface area contributed by atoms with Gasteiger partial charge in [-0.3, -0.25) is 4.79 Å². The number of nitrogens with one attached hydrogen (secondary N) is 1. The van der Waals surface area contributed by atoms with Gasteiger partial charge in [0.05, 0.1) is 13.4 Å². The summed E-state index contributed by atoms with van der Waals surface area (Å²) in [7, 11) is 0. The lowest BCUT2D eigenvalue weighted by Crippen LogP contribution is -2.17. The second-order valence-corrected chi connectivity index (χ2v) is 8.56. The van der Waals surface area contributed by atoms with Gasteiger partial charge in [0.1, 0.15) is 12.4 Å². The van der Waals surface area contributed by atoms with E-state index >= 15 is 0 Å². The van der Waals surface area contributed by atoms with E-state index in [1.807, 2.05) is 42.5 Å². The average Bonchev–Trinajstić information content (AvgIpc) is 2.68. The Morgan fingerprint density at radius 3 is 2.43 bits per heavy atom. The molecule has 0 saturated carbocycles. The van der Waals surface area contributed by atoms with Crippen LogP contribution >= 0.6 is 56.8 Å². The van der Waals surface area contributed by atoms with E-state index in [0.29, 0.717) is 17.2 Å². The van der Waals surface area contributed by atoms with Crippen LogP contribution in [-0.4, -0.2) is 12.1 Å². The number of carbonyl (C=O) groups excluding carboxylic acids is 1. The number of hydrazone groups is 1. The topological polar surface area (TPSA) is 50.7 Å². The largest absolute Gasteiger partial charge is 0.487 e. The summed E-state index contributed by atoms with van der Waals surface area (Å²) in [5.74, 6) is 0.524. The highest BCUT2D eigenvalue weighted by Gasteiger charge is 2.09. The minimum atomic E-state index is -0.314. The molecular formula is C21H15ClI2N2O2. The summed E-state index contributed by atoms with van der Waals surface area (Å²) in [6.07, 6.45) is 1.60. The monoisotopic (exact) mass is 616 g/mol. The highest BCUT2D eigenvalue weighted by Crippen LogP contribution is 2.29. The molecule has 0 saturated heterocycles. The number of nitrogens with zero attached hydrogens (tertiary/aromatic N) is 1. The number of hydrogen-bond acceptors (Lipinski definition) is 3. The number of carbonyl (C=O) groups is 1. The van der Waals surface area contributed by atoms with E-state index in [1.165, 1.54) is 0 Å². The van der Waals surface area contributed by atoms with Crippen molar-refractivity contribution in [3.05, 3.63) is 95.6 Å². The van der Waals surface area contributed by atoms with Gasteiger partial charge in [-0.25, -0.2) is 5.43 Å². The molecule has 0 heterocycles. The fraction of sp³-hybridized carbons (Fsp3) is 0.0476. The summed E-state index contributed by atoms with van der Waals surface area (Å²) in [6.45, 7) is 0.510. The Balaban J connectivity index is 1.65. The third-order valence-electron chi connectivity index (χ3n) is 3.71. The van der Waals surface area contributed by atoms with Gasteiger partial charge in [0, 0.05) is 10.6 Å². The molecule has 142 valence electrons. The molecule has 0 spiro atoms. The fourth-order valence-electron chi connectivity index (χ4n) is 2.38. The van der Waals surface area contributed by atoms with Crippen LogP contribution in [0.1, 0.15) is 21.5 Å². The van der Waals surface area contributed by atoms with Crippen molar-refractivity contribution in [2.45, 2.75) is 6.61 Å². The number of ether oxygens (including phenoxy) is 1. The van der Waals surface area contributed by atoms with Gasteiger partial charge in [-0.2, -0.15) is 5.10 Å². The highest BCUT2D eigenvalue weighted by atomic mass is 127. The number of halogens is 3. The molecule has 0 aliphatic heterocycles. The average molecular weight is 617 g/mol. The third-order valence-corrected chi connectivity index (χ3v) is 5.55. The van der Waals surface area contributed by atoms with Crippen molar-refractivity contribution < 1.29 is 9.53 Å². The van der Waals surface area contributed by atoms with Gasteiger partial charge >= 0.3 is 0 Å². The van der Waals surface area contributed by atoms with Gasteiger partial charge in [-0.05, 0) is 86.6 Å². The van der Waals surface area contributed by atoms with Crippen LogP contribution in [0.3, 0.4) is 0 Å². The van der Waals surface area contributed by atoms with Crippen molar-refractivity contribution in [2.75, 3.05) is 0 Å². The lowest BCUT2D eigenvalue weighted by Gasteiger charge is -2.11. The molecule has 4 nitrogen and oxygen atoms in total. The predicted octanol–water partition coefficient (Wildman–Crippen LogP) is 5.89. The first-order valence-electron chi connectivity index (χ1n) is 8.27. The van der Waals surface area contributed by atoms with Crippen LogP contribution in [0, 0.1) is 7.14 Å². The van der Waals surface area contributed by atoms with E-state index in [2.05, 4.69) is 55.7 Å². The molecule has 1 amide bonds. The molecule has 0 fully saturated rings. The summed E-state index contributed by atoms with van der Waals surface area (Å²) in [4.78, 5) is 12.1. The summed E-state index contributed by atoms with van der Waals surface area (Å²) in [5, 5.41) is 4.54. The molecule has 7 heteroatoms. The van der Waals surface area contributed by atoms with Crippen LogP contribution in [0.4, 0.5) is 0 Å². The first-order valence-corrected chi connectivity index (χ1v) is 10.8. The van der Waals surface area contributed by atoms with E-state index in [1.54, 1.807) is 30.5 Å². The lowest BCUT2D eigenvalue weighted by molar-refractivity contribution is 0.0955. The van der Waals surface area contributed by atoms with Crippen molar-refractivity contribution in [1.29, 1.82) is 0 Å². The van der Waals surface area contributed by atoms with Crippen LogP contribution in [0.5, 0.6) is 5.75 Å². The minimum Gasteiger partial charge on any atom is -0.487 e. The normalized spacial score (nSPS) is 10.8. The predicted molar refractivity (Wildman–Crippen MR) is 129 cm³/mol. The Morgan fingerprint density at radius 1 is 1.04 bits per heavy atom. The second-order valence-electron chi connectivity index (χ2n) is 5.80. The molecule has 3 aromatic carbocycles. The number of rotatable bonds is 6. The Bertz CT molecular complexity index is 987. The zero-order valence-electron chi connectivity index (χ0n) is 14.5. The molecule has 0 radical (unpaired) electrons. The van der Waals surface area contributed by atoms with Gasteiger partial charge in [-0.15, -0.1) is 0 Å². The van der Waals surface area contributed by atoms with Gasteiger partial charge < -0.3 is 4.74 Å². The van der Waals surface area contributed by atoms with E-state index in [9.17, 15) is 4.79 Å². The minimum absolute atomic E-state index is 0.314. The number of hydrogen-bond donors (Lipinski definition) is 1. The summed E-state index contributed by atoms with van der Waals surface area (Å²) in [6, 6.07) is 20.7. The van der Waals surface area contributed by atoms with Crippen LogP contribution in [0.25, 0.3) is 0 Å². The molecule has 3 aromatic rings. The summed E-state index contributed by atoms with van der Waals surface area (Å²) >= 11 is 10.4. The molecule has 0 atom stereocenters. The molecule has 28 heavy (non-hydrogen) atoms. The van der Waals surface area contributed by atoms with E-state index in [-0.39, 0.29) is 5.91 Å². The Hall–Kier alpha value is -1.65. The quantitative estimate of drug-likeness (QED) is 0.213. The first-order chi connectivity index (χ1) is 13.5. The SMILES string of the molecule is O=C(N/N=C\c1cc(I)c(OCc2ccccc2)c(I)c1)c1cccc(Cl)c1. The molecule has 0 unspecified atom stereocenters. The number of benzene rings is 3. The van der Waals surface area contributed by atoms with E-state index in [4.69, 9.17) is 16.3 Å². The number of amides is 1. The smallest absolute Gasteiger partial charge is 0.271 e. The van der Waals surface area contributed by atoms with Gasteiger partial charge in [0.15, 0.2) is 0 Å². The maximum absolute atomic E-state index is 12.1. The maximum atomic E-state index is 12.1. The van der Waals surface area contributed by atoms with Crippen molar-refractivity contribution in [3.63, 3.8) is 0 Å². The van der Waals surface area contributed by atoms with Gasteiger partial charge in [0.2, 0.25) is 0 Å². The standard InChI is InChI=1S/C21H15ClI2N2O2/c22-17-8-4-7-16(11-17)21(27)26-25-12-15-9-18(23)20(19(24)10-15)28-13-14-5-2-1-3-6-14/h1-12H,13H2,(H,26,27)/b25-12-. The lowest BCUT2D eigenvalue weighted by atomic mass is 10.2. The Morgan fingerprint density at radius 2 is 1.75 bits per heavy atom. The molecule has 1 N–H and O–H groups in total. The van der Waals surface area contributed by atoms with Gasteiger partial charge in [0.25, 0.3) is 5.91 Å². The molecular weight excluding hydrogens is 602 g/mol. The van der Waals surface area contributed by atoms with Gasteiger partial charge in [-0.1, -0.05) is 48.0 Å². The van der Waals surface area contributed by atoms with Crippen molar-refractivity contribution in [2.24, 2.45) is 5.10 Å². The van der Waals surface area contributed by atoms with E-state index < -0.39 is 0 Å². The molecule has 0 aliphatic carbocycles. The zero-order valence-corrected chi connectivity index (χ0v) is 19.6. The summed E-state index contributed by atoms with van der Waals surface area (Å²) < 4.78 is 7.93. The third kappa shape index (κ3) is 5.92.